The number of hydrogen-bond donors (Lipinski definition) is 0. The number of carbonyl (C=O) groups is 2. The van der Waals surface area contributed by atoms with Gasteiger partial charge in [0.1, 0.15) is 17.2 Å². The van der Waals surface area contributed by atoms with Crippen molar-refractivity contribution in [2.75, 3.05) is 44.2 Å². The molecule has 0 aromatic heterocycles. The minimum Gasteiger partial charge on any atom is -0.444 e. The number of aryl methyl sites for hydroxylation is 1. The van der Waals surface area contributed by atoms with Crippen molar-refractivity contribution >= 4 is 29.3 Å². The van der Waals surface area contributed by atoms with Crippen LogP contribution in [0.4, 0.5) is 19.3 Å². The van der Waals surface area contributed by atoms with Crippen LogP contribution in [0.15, 0.2) is 36.4 Å². The van der Waals surface area contributed by atoms with Gasteiger partial charge in [-0.05, 0) is 63.4 Å². The molecule has 200 valence electrons. The molecule has 2 saturated heterocycles. The number of piperazine rings is 1. The van der Waals surface area contributed by atoms with E-state index >= 15 is 0 Å². The summed E-state index contributed by atoms with van der Waals surface area (Å²) in [4.78, 5) is 32.2. The van der Waals surface area contributed by atoms with Crippen LogP contribution in [0.2, 0.25) is 5.02 Å². The van der Waals surface area contributed by atoms with Crippen molar-refractivity contribution in [3.8, 4) is 0 Å². The van der Waals surface area contributed by atoms with Crippen LogP contribution in [0.5, 0.6) is 0 Å². The molecule has 0 bridgehead atoms. The standard InChI is InChI=1S/C28H34ClF2N3O3/c1-18-5-6-19(29)15-25(18)32-11-13-33(14-12-32)26(35)23-17-34(27(36)37-28(2,3)4)10-9-21(23)22-8-7-20(30)16-24(22)31/h5-8,15-16,21,23H,9-14,17H2,1-4H3/t21-,23+/m1/s1. The van der Waals surface area contributed by atoms with Gasteiger partial charge in [-0.1, -0.05) is 23.7 Å². The third kappa shape index (κ3) is 6.35. The van der Waals surface area contributed by atoms with Crippen molar-refractivity contribution in [1.29, 1.82) is 0 Å². The number of benzene rings is 2. The van der Waals surface area contributed by atoms with Gasteiger partial charge in [0, 0.05) is 62.0 Å². The quantitative estimate of drug-likeness (QED) is 0.514. The van der Waals surface area contributed by atoms with Gasteiger partial charge >= 0.3 is 6.09 Å². The molecule has 2 aliphatic rings. The SMILES string of the molecule is Cc1ccc(Cl)cc1N1CCN(C(=O)[C@H]2CN(C(=O)OC(C)(C)C)CC[C@@H]2c2ccc(F)cc2F)CC1. The third-order valence-corrected chi connectivity index (χ3v) is 7.28. The number of piperidine rings is 1. The predicted molar refractivity (Wildman–Crippen MR) is 140 cm³/mol. The van der Waals surface area contributed by atoms with Crippen molar-refractivity contribution in [3.63, 3.8) is 0 Å². The number of ether oxygens (including phenoxy) is 1. The molecule has 2 fully saturated rings. The van der Waals surface area contributed by atoms with Crippen LogP contribution in [-0.4, -0.2) is 66.7 Å². The van der Waals surface area contributed by atoms with Gasteiger partial charge < -0.3 is 19.4 Å². The highest BCUT2D eigenvalue weighted by Gasteiger charge is 2.41. The van der Waals surface area contributed by atoms with Crippen LogP contribution >= 0.6 is 11.6 Å². The van der Waals surface area contributed by atoms with E-state index in [2.05, 4.69) is 4.90 Å². The van der Waals surface area contributed by atoms with E-state index in [-0.39, 0.29) is 12.5 Å². The van der Waals surface area contributed by atoms with E-state index in [0.717, 1.165) is 17.3 Å². The minimum absolute atomic E-state index is 0.114. The highest BCUT2D eigenvalue weighted by molar-refractivity contribution is 6.30. The summed E-state index contributed by atoms with van der Waals surface area (Å²) in [5.74, 6) is -2.61. The maximum Gasteiger partial charge on any atom is 0.410 e. The number of amides is 2. The molecule has 2 aromatic carbocycles. The first-order valence-electron chi connectivity index (χ1n) is 12.7. The lowest BCUT2D eigenvalue weighted by Gasteiger charge is -2.43. The first kappa shape index (κ1) is 27.2. The Morgan fingerprint density at radius 2 is 1.68 bits per heavy atom. The first-order valence-corrected chi connectivity index (χ1v) is 13.0. The Hall–Kier alpha value is -2.87. The summed E-state index contributed by atoms with van der Waals surface area (Å²) in [5.41, 5.74) is 1.78. The fourth-order valence-electron chi connectivity index (χ4n) is 5.19. The van der Waals surface area contributed by atoms with E-state index in [0.29, 0.717) is 49.7 Å². The van der Waals surface area contributed by atoms with Gasteiger partial charge in [0.15, 0.2) is 0 Å². The monoisotopic (exact) mass is 533 g/mol. The molecule has 4 rings (SSSR count). The van der Waals surface area contributed by atoms with Crippen LogP contribution < -0.4 is 4.90 Å². The van der Waals surface area contributed by atoms with E-state index in [1.165, 1.54) is 17.0 Å². The maximum absolute atomic E-state index is 14.8. The molecule has 2 aliphatic heterocycles. The van der Waals surface area contributed by atoms with Gasteiger partial charge in [0.05, 0.1) is 5.92 Å². The van der Waals surface area contributed by atoms with Crippen molar-refractivity contribution in [3.05, 3.63) is 64.2 Å². The zero-order valence-corrected chi connectivity index (χ0v) is 22.5. The lowest BCUT2D eigenvalue weighted by molar-refractivity contribution is -0.138. The summed E-state index contributed by atoms with van der Waals surface area (Å²) < 4.78 is 34.0. The molecule has 2 atom stereocenters. The molecule has 0 aliphatic carbocycles. The molecule has 6 nitrogen and oxygen atoms in total. The molecule has 0 N–H and O–H groups in total. The number of halogens is 3. The average Bonchev–Trinajstić information content (AvgIpc) is 2.84. The van der Waals surface area contributed by atoms with Crippen molar-refractivity contribution in [1.82, 2.24) is 9.80 Å². The third-order valence-electron chi connectivity index (χ3n) is 7.05. The lowest BCUT2D eigenvalue weighted by Crippen LogP contribution is -2.55. The summed E-state index contributed by atoms with van der Waals surface area (Å²) in [7, 11) is 0. The minimum atomic E-state index is -0.675. The van der Waals surface area contributed by atoms with Gasteiger partial charge in [0.25, 0.3) is 0 Å². The number of likely N-dealkylation sites (tertiary alicyclic amines) is 1. The Balaban J connectivity index is 1.53. The van der Waals surface area contributed by atoms with E-state index in [1.54, 1.807) is 25.7 Å². The van der Waals surface area contributed by atoms with Gasteiger partial charge in [-0.25, -0.2) is 13.6 Å². The Labute approximate surface area is 222 Å². The smallest absolute Gasteiger partial charge is 0.410 e. The van der Waals surface area contributed by atoms with Crippen LogP contribution in [0.3, 0.4) is 0 Å². The predicted octanol–water partition coefficient (Wildman–Crippen LogP) is 5.62. The molecule has 2 heterocycles. The summed E-state index contributed by atoms with van der Waals surface area (Å²) in [5, 5.41) is 0.660. The van der Waals surface area contributed by atoms with E-state index in [9.17, 15) is 18.4 Å². The van der Waals surface area contributed by atoms with Crippen LogP contribution in [-0.2, 0) is 9.53 Å². The summed E-state index contributed by atoms with van der Waals surface area (Å²) >= 11 is 6.21. The topological polar surface area (TPSA) is 53.1 Å². The molecular formula is C28H34ClF2N3O3. The Bertz CT molecular complexity index is 1160. The molecule has 0 spiro atoms. The van der Waals surface area contributed by atoms with Crippen LogP contribution in [0.1, 0.15) is 44.2 Å². The Morgan fingerprint density at radius 1 is 0.973 bits per heavy atom. The van der Waals surface area contributed by atoms with Crippen molar-refractivity contribution in [2.45, 2.75) is 45.6 Å². The zero-order valence-electron chi connectivity index (χ0n) is 21.8. The Kier molecular flexibility index (Phi) is 7.97. The second-order valence-electron chi connectivity index (χ2n) is 10.8. The fraction of sp³-hybridized carbons (Fsp3) is 0.500. The van der Waals surface area contributed by atoms with Gasteiger partial charge in [-0.2, -0.15) is 0 Å². The van der Waals surface area contributed by atoms with E-state index in [1.807, 2.05) is 25.1 Å². The van der Waals surface area contributed by atoms with Gasteiger partial charge in [-0.15, -0.1) is 0 Å². The largest absolute Gasteiger partial charge is 0.444 e. The second-order valence-corrected chi connectivity index (χ2v) is 11.3. The number of hydrogen-bond acceptors (Lipinski definition) is 4. The molecule has 0 radical (unpaired) electrons. The van der Waals surface area contributed by atoms with E-state index < -0.39 is 35.2 Å². The molecule has 2 amide bonds. The molecule has 0 unspecified atom stereocenters. The number of carbonyl (C=O) groups excluding carboxylic acids is 2. The average molecular weight is 534 g/mol. The second kappa shape index (κ2) is 10.9. The molecule has 37 heavy (non-hydrogen) atoms. The Morgan fingerprint density at radius 3 is 2.32 bits per heavy atom. The normalized spacial score (nSPS) is 20.7. The highest BCUT2D eigenvalue weighted by Crippen LogP contribution is 2.37. The van der Waals surface area contributed by atoms with Crippen LogP contribution in [0, 0.1) is 24.5 Å². The van der Waals surface area contributed by atoms with Crippen LogP contribution in [0.25, 0.3) is 0 Å². The number of nitrogens with zero attached hydrogens (tertiary/aromatic N) is 3. The summed E-state index contributed by atoms with van der Waals surface area (Å²) in [6.45, 7) is 10.1. The molecule has 0 saturated carbocycles. The van der Waals surface area contributed by atoms with Gasteiger partial charge in [-0.3, -0.25) is 4.79 Å². The van der Waals surface area contributed by atoms with Crippen molar-refractivity contribution in [2.24, 2.45) is 5.92 Å². The molecular weight excluding hydrogens is 500 g/mol. The summed E-state index contributed by atoms with van der Waals surface area (Å²) in [6, 6.07) is 9.24. The van der Waals surface area contributed by atoms with Gasteiger partial charge in [0.2, 0.25) is 5.91 Å². The molecule has 2 aromatic rings. The fourth-order valence-corrected chi connectivity index (χ4v) is 5.36. The molecule has 9 heteroatoms. The number of anilines is 1. The lowest BCUT2D eigenvalue weighted by atomic mass is 9.79. The zero-order chi connectivity index (χ0) is 26.9. The van der Waals surface area contributed by atoms with Crippen molar-refractivity contribution < 1.29 is 23.1 Å². The highest BCUT2D eigenvalue weighted by atomic mass is 35.5. The van der Waals surface area contributed by atoms with E-state index in [4.69, 9.17) is 16.3 Å². The maximum atomic E-state index is 14.8. The first-order chi connectivity index (χ1) is 17.4. The number of rotatable bonds is 3. The summed E-state index contributed by atoms with van der Waals surface area (Å²) in [6.07, 6.45) is -0.121.